The number of aromatic nitrogens is 2. The summed E-state index contributed by atoms with van der Waals surface area (Å²) in [6, 6.07) is 6.54. The summed E-state index contributed by atoms with van der Waals surface area (Å²) in [6.45, 7) is 3.33. The Labute approximate surface area is 75.2 Å². The van der Waals surface area contributed by atoms with Gasteiger partial charge in [-0.3, -0.25) is 4.79 Å². The SMILES string of the molecule is C=CC(=O)c1cccccnno1. The standard InChI is InChI=1S/C9H8N2O2/c1-2-8(12)9-6-4-3-5-7-10-11-13-9/h2-7H,1H2. The van der Waals surface area contributed by atoms with Gasteiger partial charge in [-0.05, 0) is 18.2 Å². The fourth-order valence-electron chi connectivity index (χ4n) is 0.648. The molecular formula is C9H8N2O2. The van der Waals surface area contributed by atoms with Gasteiger partial charge in [-0.1, -0.05) is 18.7 Å². The summed E-state index contributed by atoms with van der Waals surface area (Å²) in [6.07, 6.45) is 2.60. The number of allylic oxidation sites excluding steroid dienone is 1. The van der Waals surface area contributed by atoms with Crippen LogP contribution in [0.4, 0.5) is 0 Å². The van der Waals surface area contributed by atoms with E-state index in [1.165, 1.54) is 12.3 Å². The Hall–Kier alpha value is -1.97. The summed E-state index contributed by atoms with van der Waals surface area (Å²) in [5.74, 6) is -0.232. The molecule has 0 saturated carbocycles. The van der Waals surface area contributed by atoms with Crippen molar-refractivity contribution in [3.8, 4) is 0 Å². The molecule has 0 aliphatic rings. The summed E-state index contributed by atoms with van der Waals surface area (Å²) in [4.78, 5) is 11.1. The van der Waals surface area contributed by atoms with Gasteiger partial charge in [0.25, 0.3) is 0 Å². The first-order valence-corrected chi connectivity index (χ1v) is 3.62. The summed E-state index contributed by atoms with van der Waals surface area (Å²) in [5.41, 5.74) is 0. The van der Waals surface area contributed by atoms with Crippen molar-refractivity contribution in [3.05, 3.63) is 48.9 Å². The van der Waals surface area contributed by atoms with Crippen LogP contribution in [-0.4, -0.2) is 16.2 Å². The second kappa shape index (κ2) is 4.82. The maximum atomic E-state index is 11.1. The van der Waals surface area contributed by atoms with Crippen LogP contribution in [0.1, 0.15) is 10.6 Å². The highest BCUT2D eigenvalue weighted by molar-refractivity contribution is 6.01. The van der Waals surface area contributed by atoms with Gasteiger partial charge in [0, 0.05) is 5.27 Å². The minimum atomic E-state index is -0.328. The third kappa shape index (κ3) is 2.86. The predicted octanol–water partition coefficient (Wildman–Crippen LogP) is 1.56. The Balaban J connectivity index is 3.18. The van der Waals surface area contributed by atoms with E-state index in [1.54, 1.807) is 18.2 Å². The molecule has 4 nitrogen and oxygen atoms in total. The molecule has 0 spiro atoms. The van der Waals surface area contributed by atoms with E-state index in [4.69, 9.17) is 4.52 Å². The average Bonchev–Trinajstić information content (AvgIpc) is 2.29. The van der Waals surface area contributed by atoms with Crippen molar-refractivity contribution >= 4 is 5.78 Å². The van der Waals surface area contributed by atoms with Crippen LogP contribution in [0.2, 0.25) is 0 Å². The van der Waals surface area contributed by atoms with Gasteiger partial charge in [0.2, 0.25) is 11.5 Å². The molecule has 0 radical (unpaired) electrons. The Bertz CT molecular complexity index is 332. The molecule has 13 heavy (non-hydrogen) atoms. The molecule has 1 aromatic rings. The number of hydrogen-bond donors (Lipinski definition) is 0. The van der Waals surface area contributed by atoms with Crippen LogP contribution in [0.25, 0.3) is 0 Å². The van der Waals surface area contributed by atoms with E-state index >= 15 is 0 Å². The van der Waals surface area contributed by atoms with Gasteiger partial charge in [0.05, 0.1) is 6.20 Å². The fraction of sp³-hybridized carbons (Fsp3) is 0. The second-order valence-electron chi connectivity index (χ2n) is 2.11. The zero-order valence-corrected chi connectivity index (χ0v) is 6.88. The normalized spacial score (nSPS) is 8.62. The lowest BCUT2D eigenvalue weighted by atomic mass is 10.3. The summed E-state index contributed by atoms with van der Waals surface area (Å²) < 4.78 is 4.71. The van der Waals surface area contributed by atoms with Crippen LogP contribution in [0.15, 0.2) is 47.6 Å². The Kier molecular flexibility index (Phi) is 3.38. The largest absolute Gasteiger partial charge is 0.335 e. The Morgan fingerprint density at radius 3 is 3.08 bits per heavy atom. The number of nitrogens with zero attached hydrogens (tertiary/aromatic N) is 2. The molecule has 4 heteroatoms. The van der Waals surface area contributed by atoms with Crippen molar-refractivity contribution in [1.29, 1.82) is 0 Å². The minimum absolute atomic E-state index is 0.0960. The fourth-order valence-corrected chi connectivity index (χ4v) is 0.648. The van der Waals surface area contributed by atoms with Gasteiger partial charge in [-0.25, -0.2) is 0 Å². The zero-order chi connectivity index (χ0) is 9.52. The highest BCUT2D eigenvalue weighted by atomic mass is 16.5. The highest BCUT2D eigenvalue weighted by Gasteiger charge is 2.00. The lowest BCUT2D eigenvalue weighted by Gasteiger charge is -1.84. The predicted molar refractivity (Wildman–Crippen MR) is 46.5 cm³/mol. The van der Waals surface area contributed by atoms with Crippen molar-refractivity contribution in [1.82, 2.24) is 10.4 Å². The molecule has 0 N–H and O–H groups in total. The molecule has 1 heterocycles. The lowest BCUT2D eigenvalue weighted by molar-refractivity contribution is 0.100. The molecule has 0 unspecified atom stereocenters. The Morgan fingerprint density at radius 1 is 1.46 bits per heavy atom. The first-order chi connectivity index (χ1) is 6.34. The number of carbonyl (C=O) groups excluding carboxylic acids is 1. The third-order valence-electron chi connectivity index (χ3n) is 1.24. The first-order valence-electron chi connectivity index (χ1n) is 3.62. The molecule has 0 fully saturated rings. The van der Waals surface area contributed by atoms with Gasteiger partial charge < -0.3 is 4.52 Å². The second-order valence-corrected chi connectivity index (χ2v) is 2.11. The number of rotatable bonds is 2. The van der Waals surface area contributed by atoms with Gasteiger partial charge in [-0.2, -0.15) is 0 Å². The lowest BCUT2D eigenvalue weighted by Crippen LogP contribution is -1.91. The van der Waals surface area contributed by atoms with Crippen molar-refractivity contribution in [2.45, 2.75) is 0 Å². The summed E-state index contributed by atoms with van der Waals surface area (Å²) in [5, 5.41) is 6.80. The quantitative estimate of drug-likeness (QED) is 0.507. The van der Waals surface area contributed by atoms with Gasteiger partial charge in [0.15, 0.2) is 0 Å². The number of ketones is 1. The Morgan fingerprint density at radius 2 is 2.31 bits per heavy atom. The van der Waals surface area contributed by atoms with E-state index in [2.05, 4.69) is 16.9 Å². The molecule has 0 bridgehead atoms. The van der Waals surface area contributed by atoms with Gasteiger partial charge in [-0.15, -0.1) is 5.10 Å². The first kappa shape index (κ1) is 9.12. The molecule has 0 aliphatic heterocycles. The van der Waals surface area contributed by atoms with Crippen molar-refractivity contribution < 1.29 is 9.32 Å². The molecule has 0 atom stereocenters. The number of carbonyl (C=O) groups is 1. The smallest absolute Gasteiger partial charge is 0.223 e. The van der Waals surface area contributed by atoms with E-state index in [0.29, 0.717) is 0 Å². The van der Waals surface area contributed by atoms with Crippen LogP contribution >= 0.6 is 0 Å². The molecule has 0 amide bonds. The molecule has 0 aliphatic carbocycles. The molecule has 66 valence electrons. The van der Waals surface area contributed by atoms with Crippen LogP contribution < -0.4 is 0 Å². The maximum absolute atomic E-state index is 11.1. The van der Waals surface area contributed by atoms with E-state index in [-0.39, 0.29) is 11.5 Å². The van der Waals surface area contributed by atoms with Crippen LogP contribution in [0.5, 0.6) is 0 Å². The van der Waals surface area contributed by atoms with Crippen molar-refractivity contribution in [2.24, 2.45) is 0 Å². The maximum Gasteiger partial charge on any atom is 0.223 e. The van der Waals surface area contributed by atoms with Gasteiger partial charge in [0.1, 0.15) is 0 Å². The van der Waals surface area contributed by atoms with E-state index in [9.17, 15) is 4.79 Å². The summed E-state index contributed by atoms with van der Waals surface area (Å²) >= 11 is 0. The van der Waals surface area contributed by atoms with E-state index < -0.39 is 0 Å². The molecule has 0 aromatic carbocycles. The topological polar surface area (TPSA) is 56.0 Å². The van der Waals surface area contributed by atoms with E-state index in [0.717, 1.165) is 6.08 Å². The molecule has 1 aromatic heterocycles. The van der Waals surface area contributed by atoms with Crippen molar-refractivity contribution in [3.63, 3.8) is 0 Å². The zero-order valence-electron chi connectivity index (χ0n) is 6.88. The van der Waals surface area contributed by atoms with Gasteiger partial charge >= 0.3 is 0 Å². The summed E-state index contributed by atoms with van der Waals surface area (Å²) in [7, 11) is 0. The monoisotopic (exact) mass is 176 g/mol. The van der Waals surface area contributed by atoms with Crippen LogP contribution in [0, 0.1) is 0 Å². The van der Waals surface area contributed by atoms with Crippen LogP contribution in [0.3, 0.4) is 0 Å². The van der Waals surface area contributed by atoms with Crippen molar-refractivity contribution in [2.75, 3.05) is 0 Å². The van der Waals surface area contributed by atoms with Crippen LogP contribution in [-0.2, 0) is 0 Å². The minimum Gasteiger partial charge on any atom is -0.335 e. The average molecular weight is 176 g/mol. The third-order valence-corrected chi connectivity index (χ3v) is 1.24. The molecular weight excluding hydrogens is 168 g/mol. The number of hydrogen-bond acceptors (Lipinski definition) is 4. The molecule has 0 saturated heterocycles. The molecule has 1 rings (SSSR count). The highest BCUT2D eigenvalue weighted by Crippen LogP contribution is 1.94. The van der Waals surface area contributed by atoms with E-state index in [1.807, 2.05) is 0 Å².